The lowest BCUT2D eigenvalue weighted by Gasteiger charge is -2.20. The lowest BCUT2D eigenvalue weighted by molar-refractivity contribution is -0.118. The summed E-state index contributed by atoms with van der Waals surface area (Å²) in [7, 11) is 0. The van der Waals surface area contributed by atoms with Gasteiger partial charge in [-0.15, -0.1) is 11.8 Å². The largest absolute Gasteiger partial charge is 0.337 e. The van der Waals surface area contributed by atoms with Gasteiger partial charge in [-0.05, 0) is 55.0 Å². The summed E-state index contributed by atoms with van der Waals surface area (Å²) in [6.45, 7) is 3.38. The molecule has 0 aliphatic heterocycles. The van der Waals surface area contributed by atoms with Crippen LogP contribution in [0.15, 0.2) is 60.0 Å². The number of hydrogen-bond acceptors (Lipinski definition) is 5. The number of imidazole rings is 1. The van der Waals surface area contributed by atoms with Gasteiger partial charge in [0.15, 0.2) is 5.13 Å². The van der Waals surface area contributed by atoms with E-state index in [0.717, 1.165) is 39.4 Å². The fraction of sp³-hybridized carbons (Fsp3) is 0.261. The van der Waals surface area contributed by atoms with Gasteiger partial charge in [0, 0.05) is 35.4 Å². The van der Waals surface area contributed by atoms with E-state index in [1.54, 1.807) is 24.3 Å². The molecule has 31 heavy (non-hydrogen) atoms. The van der Waals surface area contributed by atoms with Gasteiger partial charge < -0.3 is 4.57 Å². The normalized spacial score (nSPS) is 11.2. The summed E-state index contributed by atoms with van der Waals surface area (Å²) in [6.07, 6.45) is 8.69. The molecule has 0 aliphatic carbocycles. The monoisotopic (exact) mass is 470 g/mol. The molecule has 0 saturated carbocycles. The Morgan fingerprint density at radius 3 is 2.77 bits per heavy atom. The van der Waals surface area contributed by atoms with Crippen LogP contribution >= 0.6 is 34.7 Å². The number of halogens is 1. The smallest absolute Gasteiger partial charge is 0.233 e. The maximum Gasteiger partial charge on any atom is 0.233 e. The summed E-state index contributed by atoms with van der Waals surface area (Å²) in [5.41, 5.74) is 2.92. The van der Waals surface area contributed by atoms with E-state index < -0.39 is 0 Å². The van der Waals surface area contributed by atoms with Crippen molar-refractivity contribution in [2.45, 2.75) is 31.2 Å². The minimum atomic E-state index is 0.0466. The van der Waals surface area contributed by atoms with Crippen molar-refractivity contribution in [2.24, 2.45) is 0 Å². The van der Waals surface area contributed by atoms with Crippen LogP contribution in [0.4, 0.5) is 5.13 Å². The third-order valence-electron chi connectivity index (χ3n) is 5.04. The molecule has 2 aromatic heterocycles. The van der Waals surface area contributed by atoms with Crippen molar-refractivity contribution in [3.63, 3.8) is 0 Å². The van der Waals surface area contributed by atoms with Gasteiger partial charge >= 0.3 is 0 Å². The Morgan fingerprint density at radius 2 is 2.06 bits per heavy atom. The third-order valence-corrected chi connectivity index (χ3v) is 7.03. The van der Waals surface area contributed by atoms with Gasteiger partial charge in [0.25, 0.3) is 0 Å². The van der Waals surface area contributed by atoms with Crippen LogP contribution in [-0.4, -0.2) is 33.2 Å². The number of fused-ring (bicyclic) bond motifs is 1. The number of carbonyl (C=O) groups is 1. The van der Waals surface area contributed by atoms with E-state index in [9.17, 15) is 4.79 Å². The molecular formula is C23H23ClN4OS2. The molecule has 0 radical (unpaired) electrons. The highest BCUT2D eigenvalue weighted by Gasteiger charge is 2.21. The number of benzene rings is 2. The first kappa shape index (κ1) is 21.9. The maximum atomic E-state index is 13.3. The van der Waals surface area contributed by atoms with Crippen molar-refractivity contribution in [3.8, 4) is 0 Å². The topological polar surface area (TPSA) is 51.0 Å². The Kier molecular flexibility index (Phi) is 6.95. The lowest BCUT2D eigenvalue weighted by Crippen LogP contribution is -2.33. The molecule has 2 aromatic carbocycles. The van der Waals surface area contributed by atoms with Crippen LogP contribution in [0.2, 0.25) is 5.02 Å². The number of hydrogen-bond donors (Lipinski definition) is 0. The Labute approximate surface area is 195 Å². The molecule has 0 atom stereocenters. The standard InChI is InChI=1S/C23H23ClN4OS2/c1-16-12-18(24)14-20-22(16)26-23(31-20)28(10-3-9-27-11-8-25-15-27)21(29)13-17-4-6-19(30-2)7-5-17/h4-8,11-12,14-15H,3,9-10,13H2,1-2H3. The lowest BCUT2D eigenvalue weighted by atomic mass is 10.1. The van der Waals surface area contributed by atoms with Gasteiger partial charge in [0.2, 0.25) is 5.91 Å². The summed E-state index contributed by atoms with van der Waals surface area (Å²) in [5.74, 6) is 0.0466. The van der Waals surface area contributed by atoms with Crippen LogP contribution < -0.4 is 4.90 Å². The van der Waals surface area contributed by atoms with Gasteiger partial charge in [-0.3, -0.25) is 9.69 Å². The minimum absolute atomic E-state index is 0.0466. The second-order valence-electron chi connectivity index (χ2n) is 7.29. The molecule has 0 bridgehead atoms. The van der Waals surface area contributed by atoms with Gasteiger partial charge in [-0.1, -0.05) is 35.1 Å². The molecule has 0 spiro atoms. The molecule has 0 N–H and O–H groups in total. The van der Waals surface area contributed by atoms with Gasteiger partial charge in [-0.2, -0.15) is 0 Å². The van der Waals surface area contributed by atoms with Crippen molar-refractivity contribution < 1.29 is 4.79 Å². The quantitative estimate of drug-likeness (QED) is 0.303. The molecule has 8 heteroatoms. The average Bonchev–Trinajstić information content (AvgIpc) is 3.41. The summed E-state index contributed by atoms with van der Waals surface area (Å²) >= 11 is 9.44. The Balaban J connectivity index is 1.58. The minimum Gasteiger partial charge on any atom is -0.337 e. The fourth-order valence-electron chi connectivity index (χ4n) is 3.43. The summed E-state index contributed by atoms with van der Waals surface area (Å²) in [4.78, 5) is 25.2. The predicted molar refractivity (Wildman–Crippen MR) is 130 cm³/mol. The number of thiazole rings is 1. The van der Waals surface area contributed by atoms with Crippen LogP contribution in [0.25, 0.3) is 10.2 Å². The number of carbonyl (C=O) groups excluding carboxylic acids is 1. The molecule has 5 nitrogen and oxygen atoms in total. The Hall–Kier alpha value is -2.35. The highest BCUT2D eigenvalue weighted by atomic mass is 35.5. The maximum absolute atomic E-state index is 13.3. The Morgan fingerprint density at radius 1 is 1.26 bits per heavy atom. The average molecular weight is 471 g/mol. The predicted octanol–water partition coefficient (Wildman–Crippen LogP) is 5.84. The Bertz CT molecular complexity index is 1170. The van der Waals surface area contributed by atoms with E-state index in [4.69, 9.17) is 16.6 Å². The number of aryl methyl sites for hydroxylation is 2. The molecule has 160 valence electrons. The second-order valence-corrected chi connectivity index (χ2v) is 9.62. The van der Waals surface area contributed by atoms with Crippen molar-refractivity contribution >= 4 is 56.0 Å². The van der Waals surface area contributed by atoms with E-state index in [1.165, 1.54) is 16.2 Å². The SMILES string of the molecule is CSc1ccc(CC(=O)N(CCCn2ccnc2)c2nc3c(C)cc(Cl)cc3s2)cc1. The molecule has 4 rings (SSSR count). The number of thioether (sulfide) groups is 1. The number of nitrogens with zero attached hydrogens (tertiary/aromatic N) is 4. The molecule has 0 aliphatic rings. The number of aromatic nitrogens is 3. The first-order valence-corrected chi connectivity index (χ1v) is 12.4. The van der Waals surface area contributed by atoms with Crippen LogP contribution in [0.3, 0.4) is 0 Å². The molecule has 1 amide bonds. The number of anilines is 1. The van der Waals surface area contributed by atoms with Crippen molar-refractivity contribution in [3.05, 3.63) is 71.3 Å². The highest BCUT2D eigenvalue weighted by molar-refractivity contribution is 7.98. The van der Waals surface area contributed by atoms with Crippen molar-refractivity contribution in [1.29, 1.82) is 0 Å². The van der Waals surface area contributed by atoms with Crippen LogP contribution in [0, 0.1) is 6.92 Å². The van der Waals surface area contributed by atoms with Crippen LogP contribution in [0.5, 0.6) is 0 Å². The second kappa shape index (κ2) is 9.85. The van der Waals surface area contributed by atoms with E-state index in [2.05, 4.69) is 17.1 Å². The number of rotatable bonds is 8. The highest BCUT2D eigenvalue weighted by Crippen LogP contribution is 2.33. The fourth-order valence-corrected chi connectivity index (χ4v) is 5.30. The summed E-state index contributed by atoms with van der Waals surface area (Å²) < 4.78 is 3.02. The molecule has 0 fully saturated rings. The van der Waals surface area contributed by atoms with Gasteiger partial charge in [0.1, 0.15) is 0 Å². The zero-order chi connectivity index (χ0) is 21.8. The van der Waals surface area contributed by atoms with Gasteiger partial charge in [0.05, 0.1) is 23.0 Å². The molecular weight excluding hydrogens is 448 g/mol. The zero-order valence-electron chi connectivity index (χ0n) is 17.4. The van der Waals surface area contributed by atoms with E-state index in [1.807, 2.05) is 53.1 Å². The molecule has 0 unspecified atom stereocenters. The van der Waals surface area contributed by atoms with E-state index in [-0.39, 0.29) is 5.91 Å². The first-order chi connectivity index (χ1) is 15.0. The van der Waals surface area contributed by atoms with Crippen molar-refractivity contribution in [1.82, 2.24) is 14.5 Å². The number of amides is 1. The zero-order valence-corrected chi connectivity index (χ0v) is 19.8. The van der Waals surface area contributed by atoms with Crippen LogP contribution in [-0.2, 0) is 17.8 Å². The van der Waals surface area contributed by atoms with Gasteiger partial charge in [-0.25, -0.2) is 9.97 Å². The summed E-state index contributed by atoms with van der Waals surface area (Å²) in [5, 5.41) is 1.41. The third kappa shape index (κ3) is 5.29. The van der Waals surface area contributed by atoms with E-state index in [0.29, 0.717) is 18.0 Å². The molecule has 2 heterocycles. The summed E-state index contributed by atoms with van der Waals surface area (Å²) in [6, 6.07) is 12.0. The first-order valence-electron chi connectivity index (χ1n) is 9.99. The molecule has 0 saturated heterocycles. The van der Waals surface area contributed by atoms with E-state index >= 15 is 0 Å². The molecule has 4 aromatic rings. The van der Waals surface area contributed by atoms with Crippen LogP contribution in [0.1, 0.15) is 17.5 Å². The van der Waals surface area contributed by atoms with Crippen molar-refractivity contribution in [2.75, 3.05) is 17.7 Å².